The first-order valence-corrected chi connectivity index (χ1v) is 8.48. The Morgan fingerprint density at radius 2 is 1.85 bits per heavy atom. The van der Waals surface area contributed by atoms with Crippen molar-refractivity contribution in [2.24, 2.45) is 0 Å². The molecule has 3 rings (SSSR count). The van der Waals surface area contributed by atoms with E-state index >= 15 is 0 Å². The zero-order chi connectivity index (χ0) is 19.6. The van der Waals surface area contributed by atoms with Crippen molar-refractivity contribution in [3.05, 3.63) is 47.8 Å². The van der Waals surface area contributed by atoms with E-state index in [1.54, 1.807) is 12.1 Å². The first-order valence-electron chi connectivity index (χ1n) is 8.48. The van der Waals surface area contributed by atoms with Gasteiger partial charge in [-0.2, -0.15) is 0 Å². The average molecular weight is 371 g/mol. The van der Waals surface area contributed by atoms with Crippen LogP contribution < -0.4 is 19.7 Å². The summed E-state index contributed by atoms with van der Waals surface area (Å²) in [6.45, 7) is 2.19. The summed E-state index contributed by atoms with van der Waals surface area (Å²) in [4.78, 5) is 30.8. The first kappa shape index (κ1) is 18.7. The Kier molecular flexibility index (Phi) is 5.27. The summed E-state index contributed by atoms with van der Waals surface area (Å²) in [5, 5.41) is 13.4. The molecule has 0 spiro atoms. The fourth-order valence-electron chi connectivity index (χ4n) is 3.15. The van der Waals surface area contributed by atoms with Gasteiger partial charge in [0.15, 0.2) is 11.5 Å². The number of nitrogens with one attached hydrogen (secondary N) is 1. The Labute approximate surface area is 156 Å². The number of aromatic nitrogens is 1. The molecule has 0 saturated heterocycles. The number of aliphatic hydroxyl groups is 1. The van der Waals surface area contributed by atoms with Crippen LogP contribution in [0.5, 0.6) is 11.5 Å². The highest BCUT2D eigenvalue weighted by Crippen LogP contribution is 2.42. The van der Waals surface area contributed by atoms with Crippen LogP contribution in [0.3, 0.4) is 0 Å². The summed E-state index contributed by atoms with van der Waals surface area (Å²) < 4.78 is 10.6. The number of hydrogen-bond acceptors (Lipinski definition) is 6. The molecule has 142 valence electrons. The third kappa shape index (κ3) is 3.31. The highest BCUT2D eigenvalue weighted by Gasteiger charge is 2.41. The maximum atomic E-state index is 12.9. The number of carbonyl (C=O) groups is 2. The maximum Gasteiger partial charge on any atom is 0.252 e. The highest BCUT2D eigenvalue weighted by atomic mass is 16.5. The van der Waals surface area contributed by atoms with Crippen molar-refractivity contribution in [3.8, 4) is 11.5 Å². The fourth-order valence-corrected chi connectivity index (χ4v) is 3.15. The molecule has 0 radical (unpaired) electrons. The third-order valence-electron chi connectivity index (χ3n) is 4.54. The third-order valence-corrected chi connectivity index (χ3v) is 4.54. The summed E-state index contributed by atoms with van der Waals surface area (Å²) in [7, 11) is 2.99. The minimum absolute atomic E-state index is 0.353. The molecule has 0 saturated carbocycles. The van der Waals surface area contributed by atoms with E-state index in [1.165, 1.54) is 43.6 Å². The molecule has 2 N–H and O–H groups in total. The number of nitrogens with zero attached hydrogens (tertiary/aromatic N) is 2. The van der Waals surface area contributed by atoms with Gasteiger partial charge in [-0.1, -0.05) is 0 Å². The second-order valence-corrected chi connectivity index (χ2v) is 5.98. The molecule has 27 heavy (non-hydrogen) atoms. The number of benzene rings is 1. The molecule has 0 aliphatic carbocycles. The lowest BCUT2D eigenvalue weighted by molar-refractivity contribution is -0.123. The standard InChI is InChI=1S/C19H21N3O5/c1-4-22-13-10-15(27-3)14(26-2)9-12(13)17(23)16(19(22)25)21-18(24)11-5-7-20-8-6-11/h5-10,16-17,23H,4H2,1-3H3,(H,21,24). The summed E-state index contributed by atoms with van der Waals surface area (Å²) in [5.41, 5.74) is 1.36. The Morgan fingerprint density at radius 3 is 2.44 bits per heavy atom. The van der Waals surface area contributed by atoms with Gasteiger partial charge in [0.1, 0.15) is 12.1 Å². The number of hydrogen-bond donors (Lipinski definition) is 2. The van der Waals surface area contributed by atoms with E-state index in [-0.39, 0.29) is 0 Å². The van der Waals surface area contributed by atoms with Gasteiger partial charge < -0.3 is 24.8 Å². The number of ether oxygens (including phenoxy) is 2. The van der Waals surface area contributed by atoms with E-state index in [0.717, 1.165) is 0 Å². The molecule has 2 atom stereocenters. The van der Waals surface area contributed by atoms with Gasteiger partial charge in [-0.25, -0.2) is 0 Å². The van der Waals surface area contributed by atoms with Gasteiger partial charge in [0, 0.05) is 36.1 Å². The van der Waals surface area contributed by atoms with Crippen LogP contribution >= 0.6 is 0 Å². The van der Waals surface area contributed by atoms with Gasteiger partial charge in [0.05, 0.1) is 19.9 Å². The van der Waals surface area contributed by atoms with Gasteiger partial charge in [-0.15, -0.1) is 0 Å². The molecule has 2 heterocycles. The maximum absolute atomic E-state index is 12.9. The summed E-state index contributed by atoms with van der Waals surface area (Å²) >= 11 is 0. The van der Waals surface area contributed by atoms with Crippen LogP contribution in [-0.4, -0.2) is 48.7 Å². The number of carbonyl (C=O) groups excluding carboxylic acids is 2. The Balaban J connectivity index is 1.99. The van der Waals surface area contributed by atoms with Crippen molar-refractivity contribution in [1.29, 1.82) is 0 Å². The minimum atomic E-state index is -1.22. The number of fused-ring (bicyclic) bond motifs is 1. The predicted molar refractivity (Wildman–Crippen MR) is 98.0 cm³/mol. The van der Waals surface area contributed by atoms with Crippen molar-refractivity contribution in [1.82, 2.24) is 10.3 Å². The molecule has 2 amide bonds. The van der Waals surface area contributed by atoms with Crippen molar-refractivity contribution < 1.29 is 24.2 Å². The predicted octanol–water partition coefficient (Wildman–Crippen LogP) is 1.30. The first-order chi connectivity index (χ1) is 13.0. The number of pyridine rings is 1. The van der Waals surface area contributed by atoms with Crippen molar-refractivity contribution >= 4 is 17.5 Å². The van der Waals surface area contributed by atoms with Crippen LogP contribution in [0.2, 0.25) is 0 Å². The number of methoxy groups -OCH3 is 2. The molecule has 8 nitrogen and oxygen atoms in total. The van der Waals surface area contributed by atoms with E-state index < -0.39 is 24.0 Å². The van der Waals surface area contributed by atoms with Gasteiger partial charge in [0.25, 0.3) is 11.8 Å². The van der Waals surface area contributed by atoms with Crippen LogP contribution in [0, 0.1) is 0 Å². The zero-order valence-electron chi connectivity index (χ0n) is 15.3. The number of aliphatic hydroxyl groups excluding tert-OH is 1. The Morgan fingerprint density at radius 1 is 1.22 bits per heavy atom. The monoisotopic (exact) mass is 371 g/mol. The topological polar surface area (TPSA) is 101 Å². The lowest BCUT2D eigenvalue weighted by atomic mass is 9.93. The van der Waals surface area contributed by atoms with Crippen molar-refractivity contribution in [2.75, 3.05) is 25.7 Å². The van der Waals surface area contributed by atoms with E-state index in [4.69, 9.17) is 9.47 Å². The van der Waals surface area contributed by atoms with Gasteiger partial charge in [-0.05, 0) is 25.1 Å². The lowest BCUT2D eigenvalue weighted by Gasteiger charge is -2.37. The number of rotatable bonds is 5. The SMILES string of the molecule is CCN1C(=O)C(NC(=O)c2ccncc2)C(O)c2cc(OC)c(OC)cc21. The molecule has 1 aromatic carbocycles. The number of likely N-dealkylation sites (N-methyl/N-ethyl adjacent to an activating group) is 1. The van der Waals surface area contributed by atoms with Crippen LogP contribution in [0.1, 0.15) is 28.9 Å². The summed E-state index contributed by atoms with van der Waals surface area (Å²) in [6, 6.07) is 5.23. The fraction of sp³-hybridized carbons (Fsp3) is 0.316. The summed E-state index contributed by atoms with van der Waals surface area (Å²) in [6.07, 6.45) is 1.75. The van der Waals surface area contributed by atoms with E-state index in [2.05, 4.69) is 10.3 Å². The second kappa shape index (κ2) is 7.63. The minimum Gasteiger partial charge on any atom is -0.493 e. The molecule has 0 bridgehead atoms. The molecule has 1 aliphatic rings. The largest absolute Gasteiger partial charge is 0.493 e. The molecule has 1 aromatic heterocycles. The van der Waals surface area contributed by atoms with Crippen LogP contribution in [0.25, 0.3) is 0 Å². The molecular weight excluding hydrogens is 350 g/mol. The molecular formula is C19H21N3O5. The lowest BCUT2D eigenvalue weighted by Crippen LogP contribution is -2.55. The van der Waals surface area contributed by atoms with E-state index in [1.807, 2.05) is 6.92 Å². The zero-order valence-corrected chi connectivity index (χ0v) is 15.3. The van der Waals surface area contributed by atoms with Crippen LogP contribution in [-0.2, 0) is 4.79 Å². The second-order valence-electron chi connectivity index (χ2n) is 5.98. The molecule has 8 heteroatoms. The van der Waals surface area contributed by atoms with E-state index in [9.17, 15) is 14.7 Å². The van der Waals surface area contributed by atoms with Gasteiger partial charge >= 0.3 is 0 Å². The quantitative estimate of drug-likeness (QED) is 0.822. The van der Waals surface area contributed by atoms with Gasteiger partial charge in [-0.3, -0.25) is 14.6 Å². The number of amides is 2. The molecule has 0 fully saturated rings. The summed E-state index contributed by atoms with van der Waals surface area (Å²) in [5.74, 6) is 0.0239. The normalized spacial score (nSPS) is 18.7. The number of anilines is 1. The Bertz CT molecular complexity index is 856. The molecule has 2 unspecified atom stereocenters. The van der Waals surface area contributed by atoms with Gasteiger partial charge in [0.2, 0.25) is 0 Å². The Hall–Kier alpha value is -3.13. The molecule has 1 aliphatic heterocycles. The highest BCUT2D eigenvalue weighted by molar-refractivity contribution is 6.05. The van der Waals surface area contributed by atoms with Crippen molar-refractivity contribution in [2.45, 2.75) is 19.1 Å². The molecule has 2 aromatic rings. The van der Waals surface area contributed by atoms with Crippen LogP contribution in [0.4, 0.5) is 5.69 Å². The van der Waals surface area contributed by atoms with Crippen molar-refractivity contribution in [3.63, 3.8) is 0 Å². The smallest absolute Gasteiger partial charge is 0.252 e. The van der Waals surface area contributed by atoms with E-state index in [0.29, 0.717) is 34.9 Å². The van der Waals surface area contributed by atoms with Crippen LogP contribution in [0.15, 0.2) is 36.7 Å². The average Bonchev–Trinajstić information content (AvgIpc) is 2.71.